The Balaban J connectivity index is 1.54. The van der Waals surface area contributed by atoms with Gasteiger partial charge in [0.2, 0.25) is 0 Å². The van der Waals surface area contributed by atoms with Crippen molar-refractivity contribution in [3.05, 3.63) is 114 Å². The third kappa shape index (κ3) is 3.84. The first-order chi connectivity index (χ1) is 15.7. The first-order valence-electron chi connectivity index (χ1n) is 10.2. The van der Waals surface area contributed by atoms with Gasteiger partial charge in [0, 0.05) is 34.0 Å². The van der Waals surface area contributed by atoms with Gasteiger partial charge >= 0.3 is 0 Å². The topological polar surface area (TPSA) is 70.7 Å². The maximum atomic E-state index is 13.0. The van der Waals surface area contributed by atoms with Crippen LogP contribution in [0.15, 0.2) is 103 Å². The number of amides is 1. The van der Waals surface area contributed by atoms with E-state index in [0.29, 0.717) is 10.7 Å². The Labute approximate surface area is 189 Å². The van der Waals surface area contributed by atoms with Gasteiger partial charge in [-0.1, -0.05) is 79.4 Å². The lowest BCUT2D eigenvalue weighted by molar-refractivity contribution is -0.113. The molecule has 0 radical (unpaired) electrons. The molecule has 0 aliphatic rings. The molecule has 0 bridgehead atoms. The fourth-order valence-corrected chi connectivity index (χ4v) is 4.39. The number of anilines is 1. The Kier molecular flexibility index (Phi) is 5.35. The molecule has 0 fully saturated rings. The molecular weight excluding hydrogens is 416 g/mol. The monoisotopic (exact) mass is 436 g/mol. The van der Waals surface area contributed by atoms with Crippen molar-refractivity contribution in [2.24, 2.45) is 0 Å². The van der Waals surface area contributed by atoms with E-state index in [0.717, 1.165) is 33.3 Å². The van der Waals surface area contributed by atoms with Crippen LogP contribution in [-0.2, 0) is 4.79 Å². The van der Waals surface area contributed by atoms with Crippen molar-refractivity contribution in [2.45, 2.75) is 5.92 Å². The SMILES string of the molecule is C=C(C(=O)Nc1nccs1)C(c1ccccc1)c1ccc2c(-c3ccccc3)n[nH]c2c1. The van der Waals surface area contributed by atoms with Crippen LogP contribution in [0.4, 0.5) is 5.13 Å². The molecule has 2 heterocycles. The first-order valence-corrected chi connectivity index (χ1v) is 11.1. The molecule has 0 saturated heterocycles. The van der Waals surface area contributed by atoms with E-state index in [1.54, 1.807) is 6.20 Å². The van der Waals surface area contributed by atoms with Crippen LogP contribution in [0.2, 0.25) is 0 Å². The van der Waals surface area contributed by atoms with Crippen LogP contribution >= 0.6 is 11.3 Å². The number of thiazole rings is 1. The largest absolute Gasteiger partial charge is 0.298 e. The summed E-state index contributed by atoms with van der Waals surface area (Å²) in [6.07, 6.45) is 1.66. The van der Waals surface area contributed by atoms with Crippen LogP contribution in [0.25, 0.3) is 22.2 Å². The van der Waals surface area contributed by atoms with Crippen LogP contribution in [0.1, 0.15) is 17.0 Å². The number of nitrogens with zero attached hydrogens (tertiary/aromatic N) is 2. The molecule has 2 N–H and O–H groups in total. The van der Waals surface area contributed by atoms with Crippen LogP contribution in [-0.4, -0.2) is 21.1 Å². The molecule has 1 amide bonds. The van der Waals surface area contributed by atoms with Crippen molar-refractivity contribution < 1.29 is 4.79 Å². The quantitative estimate of drug-likeness (QED) is 0.320. The van der Waals surface area contributed by atoms with Gasteiger partial charge in [-0.3, -0.25) is 15.2 Å². The Bertz CT molecular complexity index is 1380. The Morgan fingerprint density at radius 3 is 2.44 bits per heavy atom. The van der Waals surface area contributed by atoms with Crippen molar-refractivity contribution >= 4 is 33.3 Å². The molecule has 0 spiro atoms. The lowest BCUT2D eigenvalue weighted by Crippen LogP contribution is -2.19. The third-order valence-corrected chi connectivity index (χ3v) is 6.08. The Hall–Kier alpha value is -4.03. The summed E-state index contributed by atoms with van der Waals surface area (Å²) >= 11 is 1.38. The van der Waals surface area contributed by atoms with Crippen molar-refractivity contribution in [3.63, 3.8) is 0 Å². The normalized spacial score (nSPS) is 11.9. The predicted octanol–water partition coefficient (Wildman–Crippen LogP) is 6.01. The number of aromatic amines is 1. The molecule has 5 rings (SSSR count). The lowest BCUT2D eigenvalue weighted by atomic mass is 9.84. The van der Waals surface area contributed by atoms with Crippen LogP contribution < -0.4 is 5.32 Å². The average molecular weight is 437 g/mol. The summed E-state index contributed by atoms with van der Waals surface area (Å²) in [4.78, 5) is 17.1. The van der Waals surface area contributed by atoms with Gasteiger partial charge in [-0.05, 0) is 17.2 Å². The van der Waals surface area contributed by atoms with Gasteiger partial charge in [0.15, 0.2) is 5.13 Å². The highest BCUT2D eigenvalue weighted by Crippen LogP contribution is 2.35. The molecule has 2 aromatic heterocycles. The maximum Gasteiger partial charge on any atom is 0.253 e. The Morgan fingerprint density at radius 1 is 0.969 bits per heavy atom. The fraction of sp³-hybridized carbons (Fsp3) is 0.0385. The molecule has 0 aliphatic carbocycles. The highest BCUT2D eigenvalue weighted by Gasteiger charge is 2.24. The maximum absolute atomic E-state index is 13.0. The van der Waals surface area contributed by atoms with E-state index >= 15 is 0 Å². The first kappa shape index (κ1) is 19.9. The summed E-state index contributed by atoms with van der Waals surface area (Å²) in [6.45, 7) is 4.16. The summed E-state index contributed by atoms with van der Waals surface area (Å²) < 4.78 is 0. The molecule has 5 nitrogen and oxygen atoms in total. The minimum Gasteiger partial charge on any atom is -0.298 e. The van der Waals surface area contributed by atoms with E-state index in [4.69, 9.17) is 0 Å². The molecule has 1 unspecified atom stereocenters. The molecule has 5 aromatic rings. The number of carbonyl (C=O) groups is 1. The number of hydrogen-bond donors (Lipinski definition) is 2. The van der Waals surface area contributed by atoms with Gasteiger partial charge in [-0.2, -0.15) is 5.10 Å². The van der Waals surface area contributed by atoms with Crippen molar-refractivity contribution in [1.82, 2.24) is 15.2 Å². The van der Waals surface area contributed by atoms with Gasteiger partial charge in [-0.15, -0.1) is 11.3 Å². The lowest BCUT2D eigenvalue weighted by Gasteiger charge is -2.20. The molecule has 0 aliphatic heterocycles. The number of hydrogen-bond acceptors (Lipinski definition) is 4. The molecule has 6 heteroatoms. The van der Waals surface area contributed by atoms with Crippen LogP contribution in [0.3, 0.4) is 0 Å². The zero-order chi connectivity index (χ0) is 21.9. The fourth-order valence-electron chi connectivity index (χ4n) is 3.87. The van der Waals surface area contributed by atoms with E-state index in [1.807, 2.05) is 78.2 Å². The number of fused-ring (bicyclic) bond motifs is 1. The van der Waals surface area contributed by atoms with E-state index in [-0.39, 0.29) is 11.8 Å². The van der Waals surface area contributed by atoms with E-state index in [1.165, 1.54) is 11.3 Å². The molecule has 0 saturated carbocycles. The molecule has 3 aromatic carbocycles. The highest BCUT2D eigenvalue weighted by molar-refractivity contribution is 7.13. The highest BCUT2D eigenvalue weighted by atomic mass is 32.1. The van der Waals surface area contributed by atoms with Gasteiger partial charge in [0.25, 0.3) is 5.91 Å². The van der Waals surface area contributed by atoms with Crippen LogP contribution in [0.5, 0.6) is 0 Å². The molecule has 1 atom stereocenters. The van der Waals surface area contributed by atoms with Gasteiger partial charge in [0.1, 0.15) is 0 Å². The summed E-state index contributed by atoms with van der Waals surface area (Å²) in [5.74, 6) is -0.549. The second-order valence-electron chi connectivity index (χ2n) is 7.40. The molecule has 156 valence electrons. The number of benzene rings is 3. The molecule has 32 heavy (non-hydrogen) atoms. The number of nitrogens with one attached hydrogen (secondary N) is 2. The van der Waals surface area contributed by atoms with Gasteiger partial charge < -0.3 is 0 Å². The third-order valence-electron chi connectivity index (χ3n) is 5.39. The van der Waals surface area contributed by atoms with Gasteiger partial charge in [-0.25, -0.2) is 4.98 Å². The number of carbonyl (C=O) groups excluding carboxylic acids is 1. The van der Waals surface area contributed by atoms with Gasteiger partial charge in [0.05, 0.1) is 11.2 Å². The number of aromatic nitrogens is 3. The standard InChI is InChI=1S/C26H20N4OS/c1-17(25(31)28-26-27-14-15-32-26)23(18-8-4-2-5-9-18)20-12-13-21-22(16-20)29-30-24(21)19-10-6-3-7-11-19/h2-16,23H,1H2,(H,29,30)(H,27,28,31). The Morgan fingerprint density at radius 2 is 1.72 bits per heavy atom. The second kappa shape index (κ2) is 8.61. The van der Waals surface area contributed by atoms with E-state index < -0.39 is 0 Å². The summed E-state index contributed by atoms with van der Waals surface area (Å²) in [5.41, 5.74) is 5.28. The van der Waals surface area contributed by atoms with E-state index in [9.17, 15) is 4.79 Å². The van der Waals surface area contributed by atoms with Crippen molar-refractivity contribution in [2.75, 3.05) is 5.32 Å². The zero-order valence-corrected chi connectivity index (χ0v) is 18.0. The van der Waals surface area contributed by atoms with Crippen LogP contribution in [0, 0.1) is 0 Å². The second-order valence-corrected chi connectivity index (χ2v) is 8.30. The summed E-state index contributed by atoms with van der Waals surface area (Å²) in [5, 5.41) is 13.9. The zero-order valence-electron chi connectivity index (χ0n) is 17.2. The number of H-pyrrole nitrogens is 1. The predicted molar refractivity (Wildman–Crippen MR) is 130 cm³/mol. The van der Waals surface area contributed by atoms with Crippen molar-refractivity contribution in [3.8, 4) is 11.3 Å². The average Bonchev–Trinajstić information content (AvgIpc) is 3.50. The minimum absolute atomic E-state index is 0.247. The summed E-state index contributed by atoms with van der Waals surface area (Å²) in [7, 11) is 0. The smallest absolute Gasteiger partial charge is 0.253 e. The van der Waals surface area contributed by atoms with Crippen molar-refractivity contribution in [1.29, 1.82) is 0 Å². The number of rotatable bonds is 6. The van der Waals surface area contributed by atoms with E-state index in [2.05, 4.69) is 33.1 Å². The minimum atomic E-state index is -0.302. The summed E-state index contributed by atoms with van der Waals surface area (Å²) in [6, 6.07) is 26.2. The molecular formula is C26H20N4OS.